The quantitative estimate of drug-likeness (QED) is 0.0175. The van der Waals surface area contributed by atoms with E-state index < -0.39 is 241 Å². The van der Waals surface area contributed by atoms with Crippen LogP contribution in [0.1, 0.15) is 194 Å². The van der Waals surface area contributed by atoms with E-state index in [1.807, 2.05) is 44.2 Å². The van der Waals surface area contributed by atoms with Crippen LogP contribution in [0.2, 0.25) is 0 Å². The number of carboxylic acid groups (broad SMARTS) is 3. The van der Waals surface area contributed by atoms with Gasteiger partial charge in [0.05, 0.1) is 30.6 Å². The molecule has 24 N–H and O–H groups in total. The number of nitrogens with zero attached hydrogens (tertiary/aromatic N) is 1. The van der Waals surface area contributed by atoms with Gasteiger partial charge >= 0.3 is 17.9 Å². The van der Waals surface area contributed by atoms with E-state index in [1.165, 1.54) is 57.6 Å². The minimum absolute atomic E-state index is 0.00630. The third-order valence-electron chi connectivity index (χ3n) is 20.9. The van der Waals surface area contributed by atoms with Crippen molar-refractivity contribution >= 4 is 118 Å². The number of primary amides is 1. The lowest BCUT2D eigenvalue weighted by Crippen LogP contribution is -2.62. The number of imidazole rings is 1. The molecule has 0 radical (unpaired) electrons. The molecule has 128 heavy (non-hydrogen) atoms. The molecule has 13 atom stereocenters. The van der Waals surface area contributed by atoms with E-state index in [4.69, 9.17) is 16.9 Å². The number of H-pyrrole nitrogens is 1. The van der Waals surface area contributed by atoms with Crippen LogP contribution in [0.15, 0.2) is 91.4 Å². The Balaban J connectivity index is 1.66. The number of aryl methyl sites for hydroxylation is 1. The minimum atomic E-state index is -2.13. The van der Waals surface area contributed by atoms with Crippen LogP contribution in [0.3, 0.4) is 0 Å². The number of aliphatic carboxylic acids is 3. The Bertz CT molecular complexity index is 4370. The SMILES string of the molecule is CCCCCCCCC[C@@H]1NC(=O)[C@H](Cc2ccc(-c3ccccc3)cc2)NC(=O)[C@H](CC(C)C)NC(=O)[C@H](C(C)C)NC(=O)[C@H](CCC(=O)O)NC(=O)[C@H](CC(=O)O)NC(=O)[C@H](Cc2c[nH]cn2)NC(=O)[C@H](CCc2ccc(O)cc2)NC(=O)[C@H](CCCCC)NC(=O)[C@H](CCCNC(=N)N)NC(=O)[C@H](C)NC(=O)CSC[C@@H](C(N)=O)NC(=O)[C@H](CC(=O)O)NC1=O. The number of carbonyl (C=O) groups is 17. The van der Waals surface area contributed by atoms with Crippen molar-refractivity contribution in [3.8, 4) is 16.9 Å². The second-order valence-electron chi connectivity index (χ2n) is 32.5. The molecule has 0 unspecified atom stereocenters. The van der Waals surface area contributed by atoms with Gasteiger partial charge in [-0.15, -0.1) is 11.8 Å². The molecular formula is C87H127N19O21S. The number of phenolic OH excluding ortho intramolecular Hbond substituents is 1. The highest BCUT2D eigenvalue weighted by molar-refractivity contribution is 8.00. The summed E-state index contributed by atoms with van der Waals surface area (Å²) in [7, 11) is 0. The summed E-state index contributed by atoms with van der Waals surface area (Å²) >= 11 is 0.739. The number of carboxylic acids is 3. The summed E-state index contributed by atoms with van der Waals surface area (Å²) in [6.45, 7) is 11.6. The lowest BCUT2D eigenvalue weighted by Gasteiger charge is -2.30. The van der Waals surface area contributed by atoms with Crippen molar-refractivity contribution in [3.63, 3.8) is 0 Å². The molecule has 0 bridgehead atoms. The smallest absolute Gasteiger partial charge is 0.305 e. The summed E-state index contributed by atoms with van der Waals surface area (Å²) in [5.41, 5.74) is 14.1. The summed E-state index contributed by atoms with van der Waals surface area (Å²) in [5, 5.41) is 84.1. The van der Waals surface area contributed by atoms with Gasteiger partial charge in [-0.25, -0.2) is 4.98 Å². The van der Waals surface area contributed by atoms with E-state index in [1.54, 1.807) is 38.1 Å². The number of unbranched alkanes of at least 4 members (excludes halogenated alkanes) is 8. The number of thioether (sulfide) groups is 1. The maximum Gasteiger partial charge on any atom is 0.305 e. The maximum absolute atomic E-state index is 15.2. The Labute approximate surface area is 747 Å². The van der Waals surface area contributed by atoms with Crippen molar-refractivity contribution in [1.82, 2.24) is 84.4 Å². The van der Waals surface area contributed by atoms with E-state index in [-0.39, 0.29) is 69.4 Å². The highest BCUT2D eigenvalue weighted by Gasteiger charge is 2.40. The third-order valence-corrected chi connectivity index (χ3v) is 22.0. The number of aromatic nitrogens is 2. The largest absolute Gasteiger partial charge is 0.508 e. The Kier molecular flexibility index (Phi) is 46.0. The fraction of sp³-hybridized carbons (Fsp3) is 0.552. The molecule has 1 aliphatic rings. The summed E-state index contributed by atoms with van der Waals surface area (Å²) in [6.07, 6.45) is 4.06. The van der Waals surface area contributed by atoms with Crippen molar-refractivity contribution in [3.05, 3.63) is 108 Å². The number of benzene rings is 3. The van der Waals surface area contributed by atoms with Gasteiger partial charge in [0.15, 0.2) is 5.96 Å². The standard InChI is InChI=1S/C87H127N19O21S/c1-8-10-12-13-14-15-20-25-59-78(119)102-67(44-72(113)114)85(126)105-68(74(88)115)46-128-47-69(108)94-51(7)75(116)95-60(26-21-39-92-87(89)90)77(118)96-58(24-17-11-9-2)76(117)98-61(36-31-52-29-34-57(107)35-30-52)79(120)101-65(42-56-45-91-48-93-56)83(124)103-66(43-71(111)112)84(125)99-62(37-38-70(109)110)80(121)106-73(50(5)6)86(127)104-63(40-49(3)4)81(122)100-64(82(123)97-59)41-53-27-32-55(33-28-53)54-22-18-16-19-23-54/h16,18-19,22-23,27-30,32-35,45,48-51,58-68,73,107H,8-15,17,20-21,24-26,31,36-44,46-47H2,1-7H3,(H2,88,115)(H,91,93)(H,94,108)(H,95,116)(H,96,118)(H,97,123)(H,98,117)(H,99,125)(H,100,122)(H,101,120)(H,102,119)(H,103,124)(H,104,127)(H,105,126)(H,106,121)(H,109,110)(H,111,112)(H,113,114)(H4,89,90,92)/t51-,58-,59-,60-,61-,62-,63-,64-,65-,66-,67-,68-,73-/m0/s1. The highest BCUT2D eigenvalue weighted by Crippen LogP contribution is 2.22. The molecule has 0 aliphatic carbocycles. The molecule has 5 rings (SSSR count). The van der Waals surface area contributed by atoms with Crippen molar-refractivity contribution in [2.45, 2.75) is 275 Å². The van der Waals surface area contributed by atoms with E-state index in [0.717, 1.165) is 48.6 Å². The van der Waals surface area contributed by atoms with Gasteiger partial charge in [0.25, 0.3) is 0 Å². The number of hydrogen-bond donors (Lipinski definition) is 22. The number of hydrogen-bond acceptors (Lipinski definition) is 21. The number of phenols is 1. The molecule has 14 amide bonds. The monoisotopic (exact) mass is 1810 g/mol. The number of aromatic amines is 1. The lowest BCUT2D eigenvalue weighted by molar-refractivity contribution is -0.142. The van der Waals surface area contributed by atoms with Crippen LogP contribution in [0.4, 0.5) is 0 Å². The second-order valence-corrected chi connectivity index (χ2v) is 33.5. The van der Waals surface area contributed by atoms with Gasteiger partial charge in [-0.1, -0.05) is 172 Å². The molecule has 4 aromatic rings. The average Bonchev–Trinajstić information content (AvgIpc) is 1.01. The molecule has 40 nitrogen and oxygen atoms in total. The molecule has 1 saturated heterocycles. The van der Waals surface area contributed by atoms with Gasteiger partial charge < -0.3 is 111 Å². The van der Waals surface area contributed by atoms with Gasteiger partial charge in [0, 0.05) is 37.8 Å². The van der Waals surface area contributed by atoms with Gasteiger partial charge in [-0.3, -0.25) is 86.9 Å². The van der Waals surface area contributed by atoms with Crippen molar-refractivity contribution in [1.29, 1.82) is 5.41 Å². The lowest BCUT2D eigenvalue weighted by atomic mass is 9.97. The molecule has 3 aromatic carbocycles. The maximum atomic E-state index is 15.2. The molecule has 702 valence electrons. The van der Waals surface area contributed by atoms with Gasteiger partial charge in [0.2, 0.25) is 82.7 Å². The highest BCUT2D eigenvalue weighted by atomic mass is 32.2. The molecule has 1 fully saturated rings. The number of nitrogens with one attached hydrogen (secondary N) is 16. The zero-order valence-corrected chi connectivity index (χ0v) is 74.3. The predicted molar refractivity (Wildman–Crippen MR) is 473 cm³/mol. The first-order chi connectivity index (χ1) is 60.8. The fourth-order valence-corrected chi connectivity index (χ4v) is 14.7. The second kappa shape index (κ2) is 55.7. The Morgan fingerprint density at radius 2 is 0.898 bits per heavy atom. The van der Waals surface area contributed by atoms with Crippen LogP contribution in [0.25, 0.3) is 11.1 Å². The molecule has 2 heterocycles. The van der Waals surface area contributed by atoms with Crippen LogP contribution < -0.4 is 85.9 Å². The van der Waals surface area contributed by atoms with Gasteiger partial charge in [0.1, 0.15) is 84.3 Å². The van der Waals surface area contributed by atoms with Gasteiger partial charge in [-0.2, -0.15) is 0 Å². The summed E-state index contributed by atoms with van der Waals surface area (Å²) in [4.78, 5) is 249. The Hall–Kier alpha value is -12.7. The third kappa shape index (κ3) is 39.0. The first-order valence-corrected chi connectivity index (χ1v) is 44.4. The van der Waals surface area contributed by atoms with E-state index in [2.05, 4.69) is 84.4 Å². The van der Waals surface area contributed by atoms with Crippen LogP contribution in [0, 0.1) is 17.2 Å². The zero-order chi connectivity index (χ0) is 94.5. The van der Waals surface area contributed by atoms with Crippen molar-refractivity contribution in [2.24, 2.45) is 23.3 Å². The average molecular weight is 1810 g/mol. The van der Waals surface area contributed by atoms with Crippen molar-refractivity contribution < 1.29 is 102 Å². The number of carbonyl (C=O) groups excluding carboxylic acids is 14. The number of nitrogens with two attached hydrogens (primary N) is 2. The topological polar surface area (TPSA) is 644 Å². The summed E-state index contributed by atoms with van der Waals surface area (Å²) in [5.74, 6) is -22.4. The number of rotatable bonds is 35. The summed E-state index contributed by atoms with van der Waals surface area (Å²) in [6, 6.07) is 0.341. The van der Waals surface area contributed by atoms with Crippen LogP contribution >= 0.6 is 11.8 Å². The zero-order valence-electron chi connectivity index (χ0n) is 73.4. The molecule has 41 heteroatoms. The normalized spacial score (nSPS) is 22.7. The molecule has 1 aromatic heterocycles. The minimum Gasteiger partial charge on any atom is -0.508 e. The van der Waals surface area contributed by atoms with E-state index in [0.29, 0.717) is 49.7 Å². The number of amides is 14. The van der Waals surface area contributed by atoms with E-state index in [9.17, 15) is 87.5 Å². The first-order valence-electron chi connectivity index (χ1n) is 43.3. The van der Waals surface area contributed by atoms with E-state index >= 15 is 14.4 Å². The molecule has 1 aliphatic heterocycles. The van der Waals surface area contributed by atoms with Crippen LogP contribution in [-0.2, 0) is 101 Å². The Morgan fingerprint density at radius 3 is 1.41 bits per heavy atom. The van der Waals surface area contributed by atoms with Crippen molar-refractivity contribution in [2.75, 3.05) is 18.1 Å². The Morgan fingerprint density at radius 1 is 0.469 bits per heavy atom. The molecule has 0 saturated carbocycles. The molecule has 0 spiro atoms. The molecular weight excluding hydrogens is 1680 g/mol. The number of guanidine groups is 1. The fourth-order valence-electron chi connectivity index (χ4n) is 13.8. The van der Waals surface area contributed by atoms with Crippen LogP contribution in [-0.4, -0.2) is 234 Å². The summed E-state index contributed by atoms with van der Waals surface area (Å²) < 4.78 is 0. The van der Waals surface area contributed by atoms with Crippen LogP contribution in [0.5, 0.6) is 5.75 Å². The number of aromatic hydroxyl groups is 1. The van der Waals surface area contributed by atoms with Gasteiger partial charge in [-0.05, 0) is 105 Å². The predicted octanol–water partition coefficient (Wildman–Crippen LogP) is 1.26. The first kappa shape index (κ1) is 106.